The number of para-hydroxylation sites is 2. The topological polar surface area (TPSA) is 133 Å². The van der Waals surface area contributed by atoms with Crippen LogP contribution in [0.15, 0.2) is 88.1 Å². The Labute approximate surface area is 202 Å². The van der Waals surface area contributed by atoms with E-state index in [1.807, 2.05) is 36.4 Å². The molecular formula is C24H15ClN8O2. The van der Waals surface area contributed by atoms with Crippen LogP contribution in [0.2, 0.25) is 5.02 Å². The molecule has 2 aromatic heterocycles. The smallest absolute Gasteiger partial charge is 0.291 e. The number of hydrogen-bond acceptors (Lipinski definition) is 7. The zero-order chi connectivity index (χ0) is 23.9. The van der Waals surface area contributed by atoms with Crippen molar-refractivity contribution in [2.45, 2.75) is 0 Å². The summed E-state index contributed by atoms with van der Waals surface area (Å²) in [5.74, 6) is -0.138. The number of rotatable bonds is 4. The van der Waals surface area contributed by atoms with Crippen LogP contribution in [-0.4, -0.2) is 36.6 Å². The van der Waals surface area contributed by atoms with Gasteiger partial charge in [-0.3, -0.25) is 4.79 Å². The molecular weight excluding hydrogens is 468 g/mol. The highest BCUT2D eigenvalue weighted by Crippen LogP contribution is 2.36. The maximum atomic E-state index is 12.7. The van der Waals surface area contributed by atoms with Crippen LogP contribution in [0.25, 0.3) is 22.3 Å². The highest BCUT2D eigenvalue weighted by Gasteiger charge is 2.27. The Balaban J connectivity index is 1.50. The summed E-state index contributed by atoms with van der Waals surface area (Å²) < 4.78 is 1.34. The average Bonchev–Trinajstić information content (AvgIpc) is 3.51. The van der Waals surface area contributed by atoms with Gasteiger partial charge in [-0.25, -0.2) is 0 Å². The molecule has 170 valence electrons. The molecule has 5 aromatic rings. The van der Waals surface area contributed by atoms with Crippen molar-refractivity contribution in [1.82, 2.24) is 19.9 Å². The third-order valence-electron chi connectivity index (χ3n) is 5.47. The number of aromatic nitrogens is 4. The fourth-order valence-corrected chi connectivity index (χ4v) is 3.94. The number of benzene rings is 3. The molecule has 0 radical (unpaired) electrons. The summed E-state index contributed by atoms with van der Waals surface area (Å²) in [5.41, 5.74) is 3.10. The number of azo groups is 1. The number of nitrogens with zero attached hydrogens (tertiary/aromatic N) is 6. The van der Waals surface area contributed by atoms with Crippen LogP contribution < -0.4 is 5.32 Å². The fraction of sp³-hybridized carbons (Fsp3) is 0. The lowest BCUT2D eigenvalue weighted by molar-refractivity contribution is -0.110. The van der Waals surface area contributed by atoms with E-state index in [-0.39, 0.29) is 29.1 Å². The van der Waals surface area contributed by atoms with Crippen LogP contribution in [0, 0.1) is 0 Å². The monoisotopic (exact) mass is 482 g/mol. The summed E-state index contributed by atoms with van der Waals surface area (Å²) >= 11 is 6.04. The van der Waals surface area contributed by atoms with E-state index in [2.05, 4.69) is 35.8 Å². The molecule has 6 rings (SSSR count). The van der Waals surface area contributed by atoms with Crippen molar-refractivity contribution in [2.75, 3.05) is 5.32 Å². The molecule has 0 atom stereocenters. The van der Waals surface area contributed by atoms with Crippen molar-refractivity contribution in [2.24, 2.45) is 15.3 Å². The first-order valence-electron chi connectivity index (χ1n) is 10.5. The number of halogens is 1. The number of amides is 1. The van der Waals surface area contributed by atoms with Gasteiger partial charge >= 0.3 is 0 Å². The molecule has 3 heterocycles. The number of H-pyrrole nitrogens is 1. The van der Waals surface area contributed by atoms with E-state index in [1.54, 1.807) is 36.4 Å². The summed E-state index contributed by atoms with van der Waals surface area (Å²) in [6, 6.07) is 21.5. The number of anilines is 1. The van der Waals surface area contributed by atoms with Gasteiger partial charge in [-0.1, -0.05) is 48.0 Å². The van der Waals surface area contributed by atoms with Gasteiger partial charge in [-0.15, -0.1) is 20.4 Å². The van der Waals surface area contributed by atoms with E-state index in [0.29, 0.717) is 38.6 Å². The second-order valence-electron chi connectivity index (χ2n) is 7.66. The SMILES string of the molecule is O=C1Nc2ccccc2/C1=N/n1c(N=Nc2c(O)[nH]c3ccccc23)nnc1-c1ccc(Cl)cc1. The number of nitrogens with one attached hydrogen (secondary N) is 2. The lowest BCUT2D eigenvalue weighted by Crippen LogP contribution is -2.16. The number of aromatic hydroxyl groups is 1. The minimum Gasteiger partial charge on any atom is -0.493 e. The van der Waals surface area contributed by atoms with Crippen LogP contribution in [0.4, 0.5) is 17.3 Å². The van der Waals surface area contributed by atoms with Crippen molar-refractivity contribution in [3.8, 4) is 17.3 Å². The number of fused-ring (bicyclic) bond motifs is 2. The van der Waals surface area contributed by atoms with Crippen LogP contribution in [-0.2, 0) is 4.79 Å². The van der Waals surface area contributed by atoms with Crippen molar-refractivity contribution in [3.05, 3.63) is 83.4 Å². The molecule has 0 spiro atoms. The third kappa shape index (κ3) is 3.62. The van der Waals surface area contributed by atoms with E-state index < -0.39 is 0 Å². The molecule has 35 heavy (non-hydrogen) atoms. The lowest BCUT2D eigenvalue weighted by Gasteiger charge is -2.04. The van der Waals surface area contributed by atoms with Gasteiger partial charge in [0.15, 0.2) is 17.2 Å². The molecule has 0 saturated carbocycles. The van der Waals surface area contributed by atoms with Gasteiger partial charge in [-0.05, 0) is 36.4 Å². The minimum atomic E-state index is -0.362. The van der Waals surface area contributed by atoms with Gasteiger partial charge < -0.3 is 15.4 Å². The Bertz CT molecular complexity index is 1670. The maximum Gasteiger partial charge on any atom is 0.291 e. The van der Waals surface area contributed by atoms with Gasteiger partial charge in [0, 0.05) is 21.5 Å². The third-order valence-corrected chi connectivity index (χ3v) is 5.72. The largest absolute Gasteiger partial charge is 0.493 e. The first kappa shape index (κ1) is 20.8. The summed E-state index contributed by atoms with van der Waals surface area (Å²) in [5, 5.41) is 35.7. The summed E-state index contributed by atoms with van der Waals surface area (Å²) in [7, 11) is 0. The first-order valence-corrected chi connectivity index (χ1v) is 10.9. The first-order chi connectivity index (χ1) is 17.1. The Morgan fingerprint density at radius 2 is 1.69 bits per heavy atom. The predicted octanol–water partition coefficient (Wildman–Crippen LogP) is 5.41. The summed E-state index contributed by atoms with van der Waals surface area (Å²) in [6.07, 6.45) is 0. The molecule has 1 aliphatic heterocycles. The van der Waals surface area contributed by atoms with Gasteiger partial charge in [0.2, 0.25) is 5.88 Å². The standard InChI is InChI=1S/C24H15ClN8O2/c25-14-11-9-13(10-12-14)21-29-31-24(30-28-19-15-5-1-3-7-17(15)26-22(19)34)33(21)32-20-16-6-2-4-8-18(16)27-23(20)35/h1-12,26,34H,(H,27,32,35). The Kier molecular flexibility index (Phi) is 4.86. The van der Waals surface area contributed by atoms with Gasteiger partial charge in [0.1, 0.15) is 0 Å². The molecule has 0 bridgehead atoms. The second kappa shape index (κ2) is 8.19. The van der Waals surface area contributed by atoms with Crippen LogP contribution in [0.1, 0.15) is 5.56 Å². The summed E-state index contributed by atoms with van der Waals surface area (Å²) in [6.45, 7) is 0. The van der Waals surface area contributed by atoms with E-state index >= 15 is 0 Å². The maximum absolute atomic E-state index is 12.7. The molecule has 3 aromatic carbocycles. The Hall–Kier alpha value is -4.83. The highest BCUT2D eigenvalue weighted by atomic mass is 35.5. The van der Waals surface area contributed by atoms with Crippen molar-refractivity contribution >= 4 is 51.4 Å². The molecule has 1 amide bonds. The van der Waals surface area contributed by atoms with Crippen molar-refractivity contribution in [3.63, 3.8) is 0 Å². The van der Waals surface area contributed by atoms with E-state index in [0.717, 1.165) is 0 Å². The predicted molar refractivity (Wildman–Crippen MR) is 132 cm³/mol. The zero-order valence-corrected chi connectivity index (χ0v) is 18.6. The zero-order valence-electron chi connectivity index (χ0n) is 17.8. The number of carbonyl (C=O) groups excluding carboxylic acids is 1. The molecule has 3 N–H and O–H groups in total. The normalized spacial score (nSPS) is 14.2. The van der Waals surface area contributed by atoms with Gasteiger partial charge in [0.05, 0.1) is 11.2 Å². The lowest BCUT2D eigenvalue weighted by atomic mass is 10.1. The quantitative estimate of drug-likeness (QED) is 0.295. The number of hydrogen-bond donors (Lipinski definition) is 3. The Morgan fingerprint density at radius 3 is 2.54 bits per heavy atom. The molecule has 11 heteroatoms. The van der Waals surface area contributed by atoms with Crippen LogP contribution in [0.5, 0.6) is 5.88 Å². The van der Waals surface area contributed by atoms with Crippen molar-refractivity contribution < 1.29 is 9.90 Å². The van der Waals surface area contributed by atoms with Crippen molar-refractivity contribution in [1.29, 1.82) is 0 Å². The minimum absolute atomic E-state index is 0.0179. The molecule has 0 aliphatic carbocycles. The molecule has 10 nitrogen and oxygen atoms in total. The highest BCUT2D eigenvalue weighted by molar-refractivity contribution is 6.53. The molecule has 1 aliphatic rings. The number of carbonyl (C=O) groups is 1. The van der Waals surface area contributed by atoms with Gasteiger partial charge in [-0.2, -0.15) is 9.78 Å². The average molecular weight is 483 g/mol. The molecule has 0 unspecified atom stereocenters. The second-order valence-corrected chi connectivity index (χ2v) is 8.09. The Morgan fingerprint density at radius 1 is 0.914 bits per heavy atom. The number of aromatic amines is 1. The van der Waals surface area contributed by atoms with Crippen LogP contribution >= 0.6 is 11.6 Å². The molecule has 0 fully saturated rings. The van der Waals surface area contributed by atoms with Crippen LogP contribution in [0.3, 0.4) is 0 Å². The molecule has 0 saturated heterocycles. The summed E-state index contributed by atoms with van der Waals surface area (Å²) in [4.78, 5) is 15.5. The van der Waals surface area contributed by atoms with Gasteiger partial charge in [0.25, 0.3) is 11.9 Å². The van der Waals surface area contributed by atoms with E-state index in [4.69, 9.17) is 11.6 Å². The van der Waals surface area contributed by atoms with E-state index in [1.165, 1.54) is 4.68 Å². The van der Waals surface area contributed by atoms with E-state index in [9.17, 15) is 9.90 Å². The fourth-order valence-electron chi connectivity index (χ4n) is 3.82.